The lowest BCUT2D eigenvalue weighted by Crippen LogP contribution is -2.47. The Kier molecular flexibility index (Phi) is 4.98. The van der Waals surface area contributed by atoms with E-state index in [-0.39, 0.29) is 12.1 Å². The molecule has 4 nitrogen and oxygen atoms in total. The molecule has 0 radical (unpaired) electrons. The maximum atomic E-state index is 12.5. The first kappa shape index (κ1) is 16.0. The highest BCUT2D eigenvalue weighted by molar-refractivity contribution is 7.89. The number of rotatable bonds is 5. The molecule has 0 amide bonds. The SMILES string of the molecule is O=S(=O)(N[C@H]1CCCC[C@@H]1Oc1ccccc1)c1ccccc1. The first-order valence-corrected chi connectivity index (χ1v) is 9.42. The molecule has 0 spiro atoms. The van der Waals surface area contributed by atoms with Crippen LogP contribution in [0.4, 0.5) is 0 Å². The predicted molar refractivity (Wildman–Crippen MR) is 89.9 cm³/mol. The van der Waals surface area contributed by atoms with E-state index in [0.29, 0.717) is 4.90 Å². The fourth-order valence-corrected chi connectivity index (χ4v) is 4.23. The fraction of sp³-hybridized carbons (Fsp3) is 0.333. The molecule has 1 aliphatic rings. The van der Waals surface area contributed by atoms with Gasteiger partial charge in [0, 0.05) is 0 Å². The Morgan fingerprint density at radius 2 is 1.48 bits per heavy atom. The van der Waals surface area contributed by atoms with Crippen LogP contribution >= 0.6 is 0 Å². The molecule has 1 fully saturated rings. The summed E-state index contributed by atoms with van der Waals surface area (Å²) < 4.78 is 33.9. The van der Waals surface area contributed by atoms with Gasteiger partial charge < -0.3 is 4.74 Å². The third kappa shape index (κ3) is 4.12. The summed E-state index contributed by atoms with van der Waals surface area (Å²) in [6, 6.07) is 17.9. The summed E-state index contributed by atoms with van der Waals surface area (Å²) in [7, 11) is -3.52. The number of hydrogen-bond donors (Lipinski definition) is 1. The van der Waals surface area contributed by atoms with Gasteiger partial charge in [0.15, 0.2) is 0 Å². The minimum atomic E-state index is -3.52. The average molecular weight is 331 g/mol. The first-order chi connectivity index (χ1) is 11.1. The molecule has 1 aliphatic carbocycles. The highest BCUT2D eigenvalue weighted by Gasteiger charge is 2.30. The molecule has 0 aliphatic heterocycles. The summed E-state index contributed by atoms with van der Waals surface area (Å²) in [6.45, 7) is 0. The monoisotopic (exact) mass is 331 g/mol. The van der Waals surface area contributed by atoms with Crippen LogP contribution < -0.4 is 9.46 Å². The first-order valence-electron chi connectivity index (χ1n) is 7.94. The standard InChI is InChI=1S/C18H21NO3S/c20-23(21,16-11-5-2-6-12-16)19-17-13-7-8-14-18(17)22-15-9-3-1-4-10-15/h1-6,9-12,17-19H,7-8,13-14H2/t17-,18-/m0/s1. The van der Waals surface area contributed by atoms with Crippen molar-refractivity contribution in [2.45, 2.75) is 42.7 Å². The Morgan fingerprint density at radius 1 is 0.870 bits per heavy atom. The molecule has 0 bridgehead atoms. The van der Waals surface area contributed by atoms with Crippen LogP contribution in [0.1, 0.15) is 25.7 Å². The Labute approximate surface area is 137 Å². The van der Waals surface area contributed by atoms with Crippen molar-refractivity contribution in [3.05, 3.63) is 60.7 Å². The maximum Gasteiger partial charge on any atom is 0.240 e. The van der Waals surface area contributed by atoms with Gasteiger partial charge >= 0.3 is 0 Å². The molecule has 5 heteroatoms. The summed E-state index contributed by atoms with van der Waals surface area (Å²) in [4.78, 5) is 0.295. The average Bonchev–Trinajstić information content (AvgIpc) is 2.58. The second-order valence-electron chi connectivity index (χ2n) is 5.79. The molecule has 1 N–H and O–H groups in total. The number of ether oxygens (including phenoxy) is 1. The molecule has 0 aromatic heterocycles. The molecular weight excluding hydrogens is 310 g/mol. The zero-order chi connectivity index (χ0) is 16.1. The lowest BCUT2D eigenvalue weighted by atomic mass is 9.93. The van der Waals surface area contributed by atoms with Gasteiger partial charge in [-0.2, -0.15) is 0 Å². The Balaban J connectivity index is 1.74. The van der Waals surface area contributed by atoms with Gasteiger partial charge in [0.25, 0.3) is 0 Å². The van der Waals surface area contributed by atoms with Gasteiger partial charge in [0.1, 0.15) is 11.9 Å². The lowest BCUT2D eigenvalue weighted by molar-refractivity contribution is 0.125. The van der Waals surface area contributed by atoms with E-state index < -0.39 is 10.0 Å². The molecule has 2 atom stereocenters. The molecule has 0 heterocycles. The van der Waals surface area contributed by atoms with Crippen molar-refractivity contribution in [2.24, 2.45) is 0 Å². The van der Waals surface area contributed by atoms with Crippen LogP contribution in [0.15, 0.2) is 65.6 Å². The number of sulfonamides is 1. The summed E-state index contributed by atoms with van der Waals surface area (Å²) in [5, 5.41) is 0. The molecule has 2 aromatic rings. The van der Waals surface area contributed by atoms with Crippen molar-refractivity contribution in [2.75, 3.05) is 0 Å². The summed E-state index contributed by atoms with van der Waals surface area (Å²) in [5.74, 6) is 0.781. The van der Waals surface area contributed by atoms with Gasteiger partial charge in [0.2, 0.25) is 10.0 Å². The zero-order valence-electron chi connectivity index (χ0n) is 12.9. The van der Waals surface area contributed by atoms with E-state index in [1.165, 1.54) is 0 Å². The van der Waals surface area contributed by atoms with E-state index in [1.54, 1.807) is 30.3 Å². The van der Waals surface area contributed by atoms with Crippen LogP contribution in [0.3, 0.4) is 0 Å². The van der Waals surface area contributed by atoms with Crippen molar-refractivity contribution in [1.82, 2.24) is 4.72 Å². The van der Waals surface area contributed by atoms with E-state index in [2.05, 4.69) is 4.72 Å². The number of nitrogens with one attached hydrogen (secondary N) is 1. The van der Waals surface area contributed by atoms with Crippen molar-refractivity contribution < 1.29 is 13.2 Å². The van der Waals surface area contributed by atoms with Crippen LogP contribution in [0, 0.1) is 0 Å². The lowest BCUT2D eigenvalue weighted by Gasteiger charge is -2.32. The molecule has 0 unspecified atom stereocenters. The van der Waals surface area contributed by atoms with E-state index in [0.717, 1.165) is 31.4 Å². The van der Waals surface area contributed by atoms with Gasteiger partial charge in [-0.05, 0) is 43.5 Å². The quantitative estimate of drug-likeness (QED) is 0.914. The van der Waals surface area contributed by atoms with E-state index in [1.807, 2.05) is 30.3 Å². The van der Waals surface area contributed by atoms with Gasteiger partial charge in [0.05, 0.1) is 10.9 Å². The topological polar surface area (TPSA) is 55.4 Å². The minimum Gasteiger partial charge on any atom is -0.489 e. The highest BCUT2D eigenvalue weighted by Crippen LogP contribution is 2.25. The molecule has 0 saturated heterocycles. The Hall–Kier alpha value is -1.85. The molecule has 2 aromatic carbocycles. The number of benzene rings is 2. The fourth-order valence-electron chi connectivity index (χ4n) is 2.91. The highest BCUT2D eigenvalue weighted by atomic mass is 32.2. The zero-order valence-corrected chi connectivity index (χ0v) is 13.7. The normalized spacial score (nSPS) is 21.7. The summed E-state index contributed by atoms with van der Waals surface area (Å²) in [5.41, 5.74) is 0. The predicted octanol–water partition coefficient (Wildman–Crippen LogP) is 3.36. The van der Waals surface area contributed by atoms with E-state index in [9.17, 15) is 8.42 Å². The smallest absolute Gasteiger partial charge is 0.240 e. The van der Waals surface area contributed by atoms with Crippen LogP contribution in [-0.4, -0.2) is 20.6 Å². The van der Waals surface area contributed by atoms with Crippen LogP contribution in [0.25, 0.3) is 0 Å². The summed E-state index contributed by atoms with van der Waals surface area (Å²) in [6.07, 6.45) is 3.59. The number of para-hydroxylation sites is 1. The molecule has 23 heavy (non-hydrogen) atoms. The van der Waals surface area contributed by atoms with E-state index >= 15 is 0 Å². The third-order valence-corrected chi connectivity index (χ3v) is 5.60. The number of hydrogen-bond acceptors (Lipinski definition) is 3. The third-order valence-electron chi connectivity index (χ3n) is 4.09. The minimum absolute atomic E-state index is 0.135. The Morgan fingerprint density at radius 3 is 2.17 bits per heavy atom. The molecule has 122 valence electrons. The van der Waals surface area contributed by atoms with Crippen LogP contribution in [0.2, 0.25) is 0 Å². The van der Waals surface area contributed by atoms with Gasteiger partial charge in [-0.15, -0.1) is 0 Å². The van der Waals surface area contributed by atoms with Crippen molar-refractivity contribution in [3.63, 3.8) is 0 Å². The van der Waals surface area contributed by atoms with Gasteiger partial charge in [-0.25, -0.2) is 13.1 Å². The van der Waals surface area contributed by atoms with Crippen molar-refractivity contribution in [3.8, 4) is 5.75 Å². The summed E-state index contributed by atoms with van der Waals surface area (Å²) >= 11 is 0. The van der Waals surface area contributed by atoms with E-state index in [4.69, 9.17) is 4.74 Å². The second-order valence-corrected chi connectivity index (χ2v) is 7.51. The van der Waals surface area contributed by atoms with Gasteiger partial charge in [-0.3, -0.25) is 0 Å². The van der Waals surface area contributed by atoms with Crippen LogP contribution in [-0.2, 0) is 10.0 Å². The van der Waals surface area contributed by atoms with Crippen LogP contribution in [0.5, 0.6) is 5.75 Å². The molecule has 3 rings (SSSR count). The largest absolute Gasteiger partial charge is 0.489 e. The maximum absolute atomic E-state index is 12.5. The molecule has 1 saturated carbocycles. The van der Waals surface area contributed by atoms with Crippen molar-refractivity contribution >= 4 is 10.0 Å². The molecular formula is C18H21NO3S. The second kappa shape index (κ2) is 7.15. The van der Waals surface area contributed by atoms with Gasteiger partial charge in [-0.1, -0.05) is 42.8 Å². The van der Waals surface area contributed by atoms with Crippen molar-refractivity contribution in [1.29, 1.82) is 0 Å². The Bertz CT molecular complexity index is 716.